The van der Waals surface area contributed by atoms with E-state index in [0.717, 1.165) is 22.2 Å². The second kappa shape index (κ2) is 9.61. The van der Waals surface area contributed by atoms with Crippen LogP contribution < -0.4 is 15.5 Å². The minimum Gasteiger partial charge on any atom is -0.484 e. The van der Waals surface area contributed by atoms with Gasteiger partial charge in [-0.15, -0.1) is 0 Å². The molecule has 0 unspecified atom stereocenters. The number of fused-ring (bicyclic) bond motifs is 1. The predicted octanol–water partition coefficient (Wildman–Crippen LogP) is 4.52. The molecule has 32 heavy (non-hydrogen) atoms. The summed E-state index contributed by atoms with van der Waals surface area (Å²) in [5.74, 6) is 0.0633. The molecule has 0 atom stereocenters. The summed E-state index contributed by atoms with van der Waals surface area (Å²) in [6.45, 7) is 1.88. The zero-order valence-corrected chi connectivity index (χ0v) is 17.4. The maximum absolute atomic E-state index is 12.2. The molecule has 0 aliphatic rings. The number of carbonyl (C=O) groups is 2. The van der Waals surface area contributed by atoms with E-state index in [0.29, 0.717) is 11.3 Å². The lowest BCUT2D eigenvalue weighted by atomic mass is 10.2. The molecule has 4 aromatic rings. The van der Waals surface area contributed by atoms with E-state index in [1.807, 2.05) is 49.4 Å². The molecular weight excluding hydrogens is 406 g/mol. The van der Waals surface area contributed by atoms with Crippen LogP contribution in [0, 0.1) is 6.92 Å². The van der Waals surface area contributed by atoms with E-state index in [1.165, 1.54) is 6.21 Å². The third kappa shape index (κ3) is 5.40. The molecule has 0 radical (unpaired) electrons. The molecule has 0 fully saturated rings. The molecule has 7 heteroatoms. The van der Waals surface area contributed by atoms with Gasteiger partial charge in [0, 0.05) is 11.1 Å². The van der Waals surface area contributed by atoms with Crippen molar-refractivity contribution in [2.75, 3.05) is 11.9 Å². The molecule has 7 nitrogen and oxygen atoms in total. The molecule has 160 valence electrons. The van der Waals surface area contributed by atoms with Gasteiger partial charge in [0.1, 0.15) is 11.3 Å². The summed E-state index contributed by atoms with van der Waals surface area (Å²) in [6, 6.07) is 23.6. The van der Waals surface area contributed by atoms with Crippen LogP contribution in [-0.2, 0) is 4.79 Å². The van der Waals surface area contributed by atoms with E-state index >= 15 is 0 Å². The Balaban J connectivity index is 1.25. The number of nitrogens with zero attached hydrogens (tertiary/aromatic N) is 1. The molecular formula is C25H21N3O4. The van der Waals surface area contributed by atoms with E-state index < -0.39 is 5.91 Å². The van der Waals surface area contributed by atoms with Crippen LogP contribution in [0.1, 0.15) is 21.7 Å². The van der Waals surface area contributed by atoms with Crippen molar-refractivity contribution in [1.29, 1.82) is 0 Å². The molecule has 1 heterocycles. The molecule has 0 saturated heterocycles. The first kappa shape index (κ1) is 20.9. The number of nitrogens with one attached hydrogen (secondary N) is 2. The monoisotopic (exact) mass is 427 g/mol. The number of hydrogen-bond donors (Lipinski definition) is 2. The number of anilines is 1. The quantitative estimate of drug-likeness (QED) is 0.335. The van der Waals surface area contributed by atoms with Crippen LogP contribution in [0.15, 0.2) is 88.4 Å². The Hall–Kier alpha value is -4.39. The number of benzene rings is 3. The largest absolute Gasteiger partial charge is 0.484 e. The molecule has 4 rings (SSSR count). The molecule has 0 aliphatic heterocycles. The molecule has 1 aromatic heterocycles. The number of rotatable bonds is 7. The lowest BCUT2D eigenvalue weighted by molar-refractivity contribution is -0.118. The van der Waals surface area contributed by atoms with Gasteiger partial charge in [-0.3, -0.25) is 9.59 Å². The van der Waals surface area contributed by atoms with Crippen molar-refractivity contribution >= 4 is 34.7 Å². The fourth-order valence-corrected chi connectivity index (χ4v) is 2.95. The van der Waals surface area contributed by atoms with Crippen molar-refractivity contribution in [2.45, 2.75) is 6.92 Å². The van der Waals surface area contributed by atoms with Crippen LogP contribution >= 0.6 is 0 Å². The lowest BCUT2D eigenvalue weighted by Gasteiger charge is -2.08. The second-order valence-electron chi connectivity index (χ2n) is 7.12. The van der Waals surface area contributed by atoms with Crippen molar-refractivity contribution in [3.63, 3.8) is 0 Å². The first-order valence-electron chi connectivity index (χ1n) is 9.98. The highest BCUT2D eigenvalue weighted by atomic mass is 16.5. The van der Waals surface area contributed by atoms with Gasteiger partial charge in [-0.2, -0.15) is 5.10 Å². The highest BCUT2D eigenvalue weighted by Crippen LogP contribution is 2.18. The van der Waals surface area contributed by atoms with E-state index in [1.54, 1.807) is 36.4 Å². The van der Waals surface area contributed by atoms with E-state index in [4.69, 9.17) is 9.15 Å². The zero-order chi connectivity index (χ0) is 22.3. The van der Waals surface area contributed by atoms with Crippen LogP contribution in [0.5, 0.6) is 5.75 Å². The molecule has 3 aromatic carbocycles. The standard InChI is InChI=1S/C25H21N3O4/c1-17-6-10-20(11-7-17)27-24(29)16-31-21-12-8-18(9-13-21)15-26-28-25(30)23-14-19-4-2-3-5-22(19)32-23/h2-15H,16H2,1H3,(H,27,29)(H,28,30)/b26-15+. The minimum absolute atomic E-state index is 0.102. The van der Waals surface area contributed by atoms with Gasteiger partial charge in [0.25, 0.3) is 5.91 Å². The van der Waals surface area contributed by atoms with Gasteiger partial charge < -0.3 is 14.5 Å². The van der Waals surface area contributed by atoms with Gasteiger partial charge in [-0.05, 0) is 61.0 Å². The van der Waals surface area contributed by atoms with Gasteiger partial charge in [-0.1, -0.05) is 35.9 Å². The third-order valence-corrected chi connectivity index (χ3v) is 4.61. The summed E-state index contributed by atoms with van der Waals surface area (Å²) >= 11 is 0. The maximum atomic E-state index is 12.2. The van der Waals surface area contributed by atoms with E-state index in [9.17, 15) is 9.59 Å². The summed E-state index contributed by atoms with van der Waals surface area (Å²) in [5.41, 5.74) is 5.69. The molecule has 2 amide bonds. The summed E-state index contributed by atoms with van der Waals surface area (Å²) in [4.78, 5) is 24.2. The number of carbonyl (C=O) groups excluding carboxylic acids is 2. The molecule has 0 spiro atoms. The summed E-state index contributed by atoms with van der Waals surface area (Å²) in [7, 11) is 0. The smallest absolute Gasteiger partial charge is 0.307 e. The SMILES string of the molecule is Cc1ccc(NC(=O)COc2ccc(/C=N/NC(=O)c3cc4ccccc4o3)cc2)cc1. The van der Waals surface area contributed by atoms with Gasteiger partial charge >= 0.3 is 5.91 Å². The number of hydrazone groups is 1. The lowest BCUT2D eigenvalue weighted by Crippen LogP contribution is -2.20. The minimum atomic E-state index is -0.433. The van der Waals surface area contributed by atoms with Crippen LogP contribution in [0.3, 0.4) is 0 Å². The van der Waals surface area contributed by atoms with Gasteiger partial charge in [0.2, 0.25) is 0 Å². The first-order valence-corrected chi connectivity index (χ1v) is 9.98. The van der Waals surface area contributed by atoms with Gasteiger partial charge in [-0.25, -0.2) is 5.43 Å². The Labute approximate surface area is 184 Å². The maximum Gasteiger partial charge on any atom is 0.307 e. The number of para-hydroxylation sites is 1. The van der Waals surface area contributed by atoms with Crippen molar-refractivity contribution < 1.29 is 18.7 Å². The topological polar surface area (TPSA) is 92.9 Å². The Morgan fingerprint density at radius 3 is 2.50 bits per heavy atom. The Kier molecular flexibility index (Phi) is 6.27. The number of furan rings is 1. The highest BCUT2D eigenvalue weighted by Gasteiger charge is 2.11. The van der Waals surface area contributed by atoms with Crippen LogP contribution in [-0.4, -0.2) is 24.6 Å². The second-order valence-corrected chi connectivity index (χ2v) is 7.12. The average Bonchev–Trinajstić information content (AvgIpc) is 3.25. The normalized spacial score (nSPS) is 10.9. The molecule has 0 bridgehead atoms. The van der Waals surface area contributed by atoms with Crippen molar-refractivity contribution in [1.82, 2.24) is 5.43 Å². The number of amides is 2. The predicted molar refractivity (Wildman–Crippen MR) is 123 cm³/mol. The fourth-order valence-electron chi connectivity index (χ4n) is 2.95. The van der Waals surface area contributed by atoms with Crippen molar-refractivity contribution in [3.8, 4) is 5.75 Å². The third-order valence-electron chi connectivity index (χ3n) is 4.61. The number of ether oxygens (including phenoxy) is 1. The van der Waals surface area contributed by atoms with Crippen LogP contribution in [0.25, 0.3) is 11.0 Å². The van der Waals surface area contributed by atoms with E-state index in [2.05, 4.69) is 15.8 Å². The number of hydrogen-bond acceptors (Lipinski definition) is 5. The first-order chi connectivity index (χ1) is 15.6. The zero-order valence-electron chi connectivity index (χ0n) is 17.4. The molecule has 0 aliphatic carbocycles. The molecule has 0 saturated carbocycles. The fraction of sp³-hybridized carbons (Fsp3) is 0.0800. The Bertz CT molecular complexity index is 1230. The van der Waals surface area contributed by atoms with E-state index in [-0.39, 0.29) is 18.3 Å². The number of aryl methyl sites for hydroxylation is 1. The Morgan fingerprint density at radius 1 is 1.00 bits per heavy atom. The summed E-state index contributed by atoms with van der Waals surface area (Å²) < 4.78 is 11.0. The van der Waals surface area contributed by atoms with Crippen LogP contribution in [0.2, 0.25) is 0 Å². The van der Waals surface area contributed by atoms with Crippen molar-refractivity contribution in [3.05, 3.63) is 95.7 Å². The average molecular weight is 427 g/mol. The Morgan fingerprint density at radius 2 is 1.75 bits per heavy atom. The van der Waals surface area contributed by atoms with Gasteiger partial charge in [0.15, 0.2) is 12.4 Å². The van der Waals surface area contributed by atoms with Gasteiger partial charge in [0.05, 0.1) is 6.21 Å². The summed E-state index contributed by atoms with van der Waals surface area (Å²) in [5, 5.41) is 7.59. The molecule has 2 N–H and O–H groups in total. The highest BCUT2D eigenvalue weighted by molar-refractivity contribution is 5.96. The van der Waals surface area contributed by atoms with Crippen LogP contribution in [0.4, 0.5) is 5.69 Å². The summed E-state index contributed by atoms with van der Waals surface area (Å²) in [6.07, 6.45) is 1.51. The van der Waals surface area contributed by atoms with Crippen molar-refractivity contribution in [2.24, 2.45) is 5.10 Å².